The van der Waals surface area contributed by atoms with Gasteiger partial charge in [-0.25, -0.2) is 9.59 Å². The van der Waals surface area contributed by atoms with E-state index >= 15 is 0 Å². The Morgan fingerprint density at radius 2 is 1.67 bits per heavy atom. The Balaban J connectivity index is 4.41. The van der Waals surface area contributed by atoms with Crippen LogP contribution < -0.4 is 0 Å². The number of rotatable bonds is 5. The summed E-state index contributed by atoms with van der Waals surface area (Å²) in [6, 6.07) is 0. The second kappa shape index (κ2) is 7.44. The highest BCUT2D eigenvalue weighted by molar-refractivity contribution is 14.1. The van der Waals surface area contributed by atoms with Crippen molar-refractivity contribution < 1.29 is 19.1 Å². The molecule has 0 aromatic rings. The van der Waals surface area contributed by atoms with Gasteiger partial charge in [-0.15, -0.1) is 0 Å². The maximum Gasteiger partial charge on any atom is 0.344 e. The van der Waals surface area contributed by atoms with Crippen molar-refractivity contribution in [3.63, 3.8) is 0 Å². The lowest BCUT2D eigenvalue weighted by Crippen LogP contribution is -2.08. The summed E-state index contributed by atoms with van der Waals surface area (Å²) in [6.07, 6.45) is 1.34. The van der Waals surface area contributed by atoms with Gasteiger partial charge in [0.1, 0.15) is 0 Å². The Hall–Kier alpha value is -0.850. The monoisotopic (exact) mass is 324 g/mol. The van der Waals surface area contributed by atoms with E-state index in [0.717, 1.165) is 0 Å². The molecule has 0 N–H and O–H groups in total. The van der Waals surface area contributed by atoms with Crippen LogP contribution in [0.15, 0.2) is 21.8 Å². The number of carbonyl (C=O) groups is 2. The summed E-state index contributed by atoms with van der Waals surface area (Å²) < 4.78 is 9.74. The van der Waals surface area contributed by atoms with Gasteiger partial charge in [-0.3, -0.25) is 0 Å². The number of carbonyl (C=O) groups excluding carboxylic acids is 2. The molecule has 0 spiro atoms. The zero-order chi connectivity index (χ0) is 11.8. The van der Waals surface area contributed by atoms with Gasteiger partial charge in [0.05, 0.1) is 22.4 Å². The Labute approximate surface area is 102 Å². The van der Waals surface area contributed by atoms with E-state index in [-0.39, 0.29) is 12.2 Å². The van der Waals surface area contributed by atoms with Crippen LogP contribution in [0.2, 0.25) is 0 Å². The van der Waals surface area contributed by atoms with Gasteiger partial charge in [0.15, 0.2) is 0 Å². The quantitative estimate of drug-likeness (QED) is 0.336. The standard InChI is InChI=1S/C10H13IO4/c1-4-14-9(12)7(3)6-8(11)10(13)15-5-2/h6H,3-5H2,1-2H3. The molecule has 84 valence electrons. The lowest BCUT2D eigenvalue weighted by molar-refractivity contribution is -0.138. The third-order valence-corrected chi connectivity index (χ3v) is 2.06. The van der Waals surface area contributed by atoms with Crippen molar-refractivity contribution in [1.29, 1.82) is 0 Å². The van der Waals surface area contributed by atoms with Crippen molar-refractivity contribution in [3.05, 3.63) is 21.8 Å². The van der Waals surface area contributed by atoms with Crippen LogP contribution in [-0.4, -0.2) is 25.2 Å². The lowest BCUT2D eigenvalue weighted by atomic mass is 10.3. The van der Waals surface area contributed by atoms with E-state index in [4.69, 9.17) is 9.47 Å². The van der Waals surface area contributed by atoms with E-state index < -0.39 is 11.9 Å². The summed E-state index contributed by atoms with van der Waals surface area (Å²) in [5.74, 6) is -1.00. The number of hydrogen-bond donors (Lipinski definition) is 0. The van der Waals surface area contributed by atoms with Crippen molar-refractivity contribution in [2.45, 2.75) is 13.8 Å². The molecule has 0 aliphatic heterocycles. The molecule has 4 nitrogen and oxygen atoms in total. The topological polar surface area (TPSA) is 52.6 Å². The molecule has 0 heterocycles. The van der Waals surface area contributed by atoms with E-state index in [1.165, 1.54) is 6.08 Å². The lowest BCUT2D eigenvalue weighted by Gasteiger charge is -2.02. The highest BCUT2D eigenvalue weighted by Crippen LogP contribution is 2.12. The molecule has 5 heteroatoms. The molecule has 0 bridgehead atoms. The molecule has 15 heavy (non-hydrogen) atoms. The van der Waals surface area contributed by atoms with E-state index in [0.29, 0.717) is 10.2 Å². The molecule has 0 atom stereocenters. The first-order chi connectivity index (χ1) is 7.02. The molecule has 0 aromatic heterocycles. The molecule has 0 aliphatic carbocycles. The zero-order valence-electron chi connectivity index (χ0n) is 8.71. The van der Waals surface area contributed by atoms with Gasteiger partial charge < -0.3 is 9.47 Å². The van der Waals surface area contributed by atoms with Gasteiger partial charge in [0.25, 0.3) is 0 Å². The van der Waals surface area contributed by atoms with Gasteiger partial charge in [-0.05, 0) is 42.5 Å². The molecule has 0 unspecified atom stereocenters. The number of halogens is 1. The Bertz CT molecular complexity index is 294. The molecule has 0 amide bonds. The molecule has 0 radical (unpaired) electrons. The normalized spacial score (nSPS) is 10.7. The molecule has 0 saturated carbocycles. The van der Waals surface area contributed by atoms with Crippen molar-refractivity contribution in [1.82, 2.24) is 0 Å². The minimum absolute atomic E-state index is 0.134. The first kappa shape index (κ1) is 14.2. The second-order valence-corrected chi connectivity index (χ2v) is 3.62. The second-order valence-electron chi connectivity index (χ2n) is 2.46. The number of ether oxygens (including phenoxy) is 2. The third kappa shape index (κ3) is 5.56. The summed E-state index contributed by atoms with van der Waals surface area (Å²) in [6.45, 7) is 7.48. The fourth-order valence-corrected chi connectivity index (χ4v) is 1.23. The molecular formula is C10H13IO4. The largest absolute Gasteiger partial charge is 0.462 e. The predicted octanol–water partition coefficient (Wildman–Crippen LogP) is 1.99. The van der Waals surface area contributed by atoms with Crippen LogP contribution in [0, 0.1) is 0 Å². The van der Waals surface area contributed by atoms with Gasteiger partial charge in [0.2, 0.25) is 0 Å². The maximum absolute atomic E-state index is 11.2. The molecule has 0 saturated heterocycles. The van der Waals surface area contributed by atoms with Crippen molar-refractivity contribution in [2.75, 3.05) is 13.2 Å². The molecule has 0 aromatic carbocycles. The predicted molar refractivity (Wildman–Crippen MR) is 64.5 cm³/mol. The fourth-order valence-electron chi connectivity index (χ4n) is 0.695. The average molecular weight is 324 g/mol. The SMILES string of the molecule is C=C(C=C(I)C(=O)OCC)C(=O)OCC. The summed E-state index contributed by atoms with van der Waals surface area (Å²) in [7, 11) is 0. The van der Waals surface area contributed by atoms with Crippen LogP contribution in [0.3, 0.4) is 0 Å². The van der Waals surface area contributed by atoms with Crippen LogP contribution in [-0.2, 0) is 19.1 Å². The third-order valence-electron chi connectivity index (χ3n) is 1.31. The van der Waals surface area contributed by atoms with Crippen molar-refractivity contribution >= 4 is 34.5 Å². The smallest absolute Gasteiger partial charge is 0.344 e. The summed E-state index contributed by atoms with van der Waals surface area (Å²) in [4.78, 5) is 22.3. The summed E-state index contributed by atoms with van der Waals surface area (Å²) >= 11 is 1.79. The van der Waals surface area contributed by atoms with Gasteiger partial charge >= 0.3 is 11.9 Å². The van der Waals surface area contributed by atoms with E-state index in [9.17, 15) is 9.59 Å². The van der Waals surface area contributed by atoms with Crippen molar-refractivity contribution in [2.24, 2.45) is 0 Å². The van der Waals surface area contributed by atoms with Crippen LogP contribution >= 0.6 is 22.6 Å². The van der Waals surface area contributed by atoms with Crippen LogP contribution in [0.4, 0.5) is 0 Å². The molecular weight excluding hydrogens is 311 g/mol. The van der Waals surface area contributed by atoms with E-state index in [1.807, 2.05) is 0 Å². The Morgan fingerprint density at radius 3 is 2.13 bits per heavy atom. The van der Waals surface area contributed by atoms with Gasteiger partial charge in [-0.2, -0.15) is 0 Å². The summed E-state index contributed by atoms with van der Waals surface area (Å²) in [5, 5.41) is 0. The molecule has 0 rings (SSSR count). The fraction of sp³-hybridized carbons (Fsp3) is 0.400. The van der Waals surface area contributed by atoms with Gasteiger partial charge in [0, 0.05) is 0 Å². The van der Waals surface area contributed by atoms with Crippen LogP contribution in [0.5, 0.6) is 0 Å². The first-order valence-corrected chi connectivity index (χ1v) is 5.51. The number of hydrogen-bond acceptors (Lipinski definition) is 4. The highest BCUT2D eigenvalue weighted by Gasteiger charge is 2.10. The van der Waals surface area contributed by atoms with Gasteiger partial charge in [-0.1, -0.05) is 6.58 Å². The summed E-state index contributed by atoms with van der Waals surface area (Å²) in [5.41, 5.74) is 0.134. The average Bonchev–Trinajstić information content (AvgIpc) is 2.18. The van der Waals surface area contributed by atoms with Crippen molar-refractivity contribution in [3.8, 4) is 0 Å². The number of esters is 2. The molecule has 0 aliphatic rings. The maximum atomic E-state index is 11.2. The minimum atomic E-state index is -0.532. The first-order valence-electron chi connectivity index (χ1n) is 4.43. The van der Waals surface area contributed by atoms with Crippen LogP contribution in [0.25, 0.3) is 0 Å². The van der Waals surface area contributed by atoms with Crippen LogP contribution in [0.1, 0.15) is 13.8 Å². The molecule has 0 fully saturated rings. The minimum Gasteiger partial charge on any atom is -0.462 e. The zero-order valence-corrected chi connectivity index (χ0v) is 10.9. The highest BCUT2D eigenvalue weighted by atomic mass is 127. The van der Waals surface area contributed by atoms with E-state index in [2.05, 4.69) is 6.58 Å². The Kier molecular flexibility index (Phi) is 7.02. The Morgan fingerprint density at radius 1 is 1.20 bits per heavy atom. The van der Waals surface area contributed by atoms with E-state index in [1.54, 1.807) is 36.4 Å².